The van der Waals surface area contributed by atoms with E-state index in [0.717, 1.165) is 16.7 Å². The highest BCUT2D eigenvalue weighted by atomic mass is 16.6. The van der Waals surface area contributed by atoms with E-state index >= 15 is 0 Å². The van der Waals surface area contributed by atoms with Gasteiger partial charge in [0.25, 0.3) is 0 Å². The number of hydrogen-bond acceptors (Lipinski definition) is 5. The molecular weight excluding hydrogens is 282 g/mol. The van der Waals surface area contributed by atoms with Gasteiger partial charge in [-0.05, 0) is 32.4 Å². The molecule has 0 amide bonds. The molecule has 5 nitrogen and oxygen atoms in total. The van der Waals surface area contributed by atoms with Crippen LogP contribution in [0.1, 0.15) is 37.5 Å². The summed E-state index contributed by atoms with van der Waals surface area (Å²) in [5.41, 5.74) is 2.56. The predicted molar refractivity (Wildman–Crippen MR) is 81.9 cm³/mol. The van der Waals surface area contributed by atoms with E-state index < -0.39 is 5.60 Å². The molecule has 0 radical (unpaired) electrons. The summed E-state index contributed by atoms with van der Waals surface area (Å²) >= 11 is 0. The molecule has 0 saturated carbocycles. The number of hydrogen-bond donors (Lipinski definition) is 0. The van der Waals surface area contributed by atoms with E-state index in [4.69, 9.17) is 14.2 Å². The van der Waals surface area contributed by atoms with Gasteiger partial charge in [0, 0.05) is 11.1 Å². The Hall–Kier alpha value is -1.88. The fourth-order valence-electron chi connectivity index (χ4n) is 2.42. The highest BCUT2D eigenvalue weighted by molar-refractivity contribution is 5.98. The molecule has 1 aromatic carbocycles. The third-order valence-corrected chi connectivity index (χ3v) is 3.45. The Bertz CT molecular complexity index is 612. The lowest BCUT2D eigenvalue weighted by Gasteiger charge is -2.22. The van der Waals surface area contributed by atoms with Gasteiger partial charge in [-0.3, -0.25) is 4.79 Å². The Morgan fingerprint density at radius 2 is 2.14 bits per heavy atom. The van der Waals surface area contributed by atoms with Gasteiger partial charge >= 0.3 is 5.97 Å². The number of carbonyl (C=O) groups is 1. The zero-order valence-corrected chi connectivity index (χ0v) is 13.2. The first-order chi connectivity index (χ1) is 10.4. The Morgan fingerprint density at radius 1 is 1.36 bits per heavy atom. The molecule has 0 aliphatic carbocycles. The van der Waals surface area contributed by atoms with Crippen LogP contribution >= 0.6 is 0 Å². The summed E-state index contributed by atoms with van der Waals surface area (Å²) in [4.78, 5) is 16.4. The number of benzene rings is 1. The first kappa shape index (κ1) is 15.0. The van der Waals surface area contributed by atoms with E-state index in [9.17, 15) is 4.79 Å². The molecular formula is C17H21NO4. The number of fused-ring (bicyclic) bond motifs is 1. The van der Waals surface area contributed by atoms with Crippen LogP contribution in [0.5, 0.6) is 0 Å². The van der Waals surface area contributed by atoms with Gasteiger partial charge in [0.1, 0.15) is 18.2 Å². The zero-order valence-electron chi connectivity index (χ0n) is 13.2. The number of rotatable bonds is 3. The van der Waals surface area contributed by atoms with Crippen molar-refractivity contribution in [3.63, 3.8) is 0 Å². The van der Waals surface area contributed by atoms with Crippen molar-refractivity contribution in [1.82, 2.24) is 0 Å². The highest BCUT2D eigenvalue weighted by Gasteiger charge is 2.25. The molecule has 118 valence electrons. The highest BCUT2D eigenvalue weighted by Crippen LogP contribution is 2.24. The first-order valence-corrected chi connectivity index (χ1v) is 7.53. The number of nitrogens with zero attached hydrogens (tertiary/aromatic N) is 1. The standard InChI is InChI=1S/C17H21NO4/c1-17(2,3)22-15(19)7-11-4-5-14-12(6-11)8-21-16(14)18-13-9-20-10-13/h4-6,13H,7-10H2,1-3H3. The van der Waals surface area contributed by atoms with Gasteiger partial charge in [-0.1, -0.05) is 12.1 Å². The molecule has 0 unspecified atom stereocenters. The molecule has 0 aromatic heterocycles. The molecule has 0 bridgehead atoms. The van der Waals surface area contributed by atoms with Gasteiger partial charge < -0.3 is 14.2 Å². The van der Waals surface area contributed by atoms with Gasteiger partial charge in [-0.2, -0.15) is 0 Å². The minimum absolute atomic E-state index is 0.211. The second-order valence-corrected chi connectivity index (χ2v) is 6.67. The summed E-state index contributed by atoms with van der Waals surface area (Å²) in [6.45, 7) is 7.44. The van der Waals surface area contributed by atoms with Gasteiger partial charge in [-0.15, -0.1) is 0 Å². The normalized spacial score (nSPS) is 19.5. The van der Waals surface area contributed by atoms with Crippen molar-refractivity contribution in [3.05, 3.63) is 34.9 Å². The molecule has 1 fully saturated rings. The van der Waals surface area contributed by atoms with Crippen LogP contribution < -0.4 is 0 Å². The summed E-state index contributed by atoms with van der Waals surface area (Å²) in [6.07, 6.45) is 0.271. The van der Waals surface area contributed by atoms with Crippen molar-refractivity contribution in [2.75, 3.05) is 13.2 Å². The smallest absolute Gasteiger partial charge is 0.310 e. The molecule has 2 heterocycles. The van der Waals surface area contributed by atoms with Gasteiger partial charge in [0.15, 0.2) is 0 Å². The number of carbonyl (C=O) groups excluding carboxylic acids is 1. The van der Waals surface area contributed by atoms with Gasteiger partial charge in [-0.25, -0.2) is 4.99 Å². The van der Waals surface area contributed by atoms with E-state index in [1.165, 1.54) is 0 Å². The fraction of sp³-hybridized carbons (Fsp3) is 0.529. The Balaban J connectivity index is 1.70. The summed E-state index contributed by atoms with van der Waals surface area (Å²) < 4.78 is 16.1. The van der Waals surface area contributed by atoms with Crippen LogP contribution in [0.2, 0.25) is 0 Å². The molecule has 0 N–H and O–H groups in total. The van der Waals surface area contributed by atoms with Crippen LogP contribution in [-0.4, -0.2) is 36.7 Å². The SMILES string of the molecule is CC(C)(C)OC(=O)Cc1ccc2c(c1)COC2=NC1COC1. The van der Waals surface area contributed by atoms with Crippen LogP contribution in [0.25, 0.3) is 0 Å². The van der Waals surface area contributed by atoms with Crippen LogP contribution in [-0.2, 0) is 32.0 Å². The Labute approximate surface area is 130 Å². The van der Waals surface area contributed by atoms with Crippen molar-refractivity contribution in [2.24, 2.45) is 4.99 Å². The zero-order chi connectivity index (χ0) is 15.7. The second-order valence-electron chi connectivity index (χ2n) is 6.67. The third-order valence-electron chi connectivity index (χ3n) is 3.45. The molecule has 0 atom stereocenters. The number of ether oxygens (including phenoxy) is 3. The Kier molecular flexibility index (Phi) is 3.91. The maximum atomic E-state index is 11.9. The maximum Gasteiger partial charge on any atom is 0.310 e. The molecule has 1 aromatic rings. The quantitative estimate of drug-likeness (QED) is 0.804. The van der Waals surface area contributed by atoms with E-state index in [-0.39, 0.29) is 18.4 Å². The first-order valence-electron chi connectivity index (χ1n) is 7.53. The van der Waals surface area contributed by atoms with E-state index in [2.05, 4.69) is 4.99 Å². The maximum absolute atomic E-state index is 11.9. The average molecular weight is 303 g/mol. The largest absolute Gasteiger partial charge is 0.473 e. The summed E-state index contributed by atoms with van der Waals surface area (Å²) in [5.74, 6) is 0.471. The van der Waals surface area contributed by atoms with Crippen LogP contribution in [0.15, 0.2) is 23.2 Å². The molecule has 22 heavy (non-hydrogen) atoms. The Morgan fingerprint density at radius 3 is 2.77 bits per heavy atom. The lowest BCUT2D eigenvalue weighted by Crippen LogP contribution is -2.32. The lowest BCUT2D eigenvalue weighted by atomic mass is 10.0. The topological polar surface area (TPSA) is 57.1 Å². The monoisotopic (exact) mass is 303 g/mol. The summed E-state index contributed by atoms with van der Waals surface area (Å²) in [7, 11) is 0. The predicted octanol–water partition coefficient (Wildman–Crippen LogP) is 2.25. The molecule has 3 rings (SSSR count). The lowest BCUT2D eigenvalue weighted by molar-refractivity contribution is -0.153. The van der Waals surface area contributed by atoms with E-state index in [1.807, 2.05) is 39.0 Å². The number of esters is 1. The van der Waals surface area contributed by atoms with Crippen LogP contribution in [0, 0.1) is 0 Å². The molecule has 5 heteroatoms. The van der Waals surface area contributed by atoms with Crippen LogP contribution in [0.3, 0.4) is 0 Å². The fourth-order valence-corrected chi connectivity index (χ4v) is 2.42. The minimum Gasteiger partial charge on any atom is -0.473 e. The molecule has 2 aliphatic rings. The minimum atomic E-state index is -0.457. The van der Waals surface area contributed by atoms with Crippen molar-refractivity contribution in [1.29, 1.82) is 0 Å². The van der Waals surface area contributed by atoms with E-state index in [0.29, 0.717) is 25.7 Å². The summed E-state index contributed by atoms with van der Waals surface area (Å²) in [6, 6.07) is 6.12. The van der Waals surface area contributed by atoms with Crippen LogP contribution in [0.4, 0.5) is 0 Å². The van der Waals surface area contributed by atoms with Crippen molar-refractivity contribution in [3.8, 4) is 0 Å². The van der Waals surface area contributed by atoms with Gasteiger partial charge in [0.05, 0.1) is 19.6 Å². The third kappa shape index (κ3) is 3.47. The number of aliphatic imine (C=N–C) groups is 1. The van der Waals surface area contributed by atoms with Gasteiger partial charge in [0.2, 0.25) is 5.90 Å². The average Bonchev–Trinajstić information content (AvgIpc) is 2.73. The molecule has 1 saturated heterocycles. The summed E-state index contributed by atoms with van der Waals surface area (Å²) in [5, 5.41) is 0. The van der Waals surface area contributed by atoms with Crippen molar-refractivity contribution < 1.29 is 19.0 Å². The van der Waals surface area contributed by atoms with Crippen molar-refractivity contribution >= 4 is 11.9 Å². The second kappa shape index (κ2) is 5.72. The van der Waals surface area contributed by atoms with E-state index in [1.54, 1.807) is 0 Å². The molecule has 2 aliphatic heterocycles. The molecule has 0 spiro atoms. The van der Waals surface area contributed by atoms with Crippen molar-refractivity contribution in [2.45, 2.75) is 45.4 Å².